The minimum absolute atomic E-state index is 0.210. The second-order valence-electron chi connectivity index (χ2n) is 5.17. The lowest BCUT2D eigenvalue weighted by Crippen LogP contribution is -2.10. The van der Waals surface area contributed by atoms with Gasteiger partial charge in [-0.2, -0.15) is 0 Å². The van der Waals surface area contributed by atoms with E-state index < -0.39 is 5.97 Å². The molecule has 5 heteroatoms. The van der Waals surface area contributed by atoms with Crippen LogP contribution in [0, 0.1) is 5.41 Å². The second-order valence-corrected chi connectivity index (χ2v) is 5.17. The van der Waals surface area contributed by atoms with Gasteiger partial charge in [0.25, 0.3) is 0 Å². The van der Waals surface area contributed by atoms with Crippen molar-refractivity contribution in [3.63, 3.8) is 0 Å². The fourth-order valence-corrected chi connectivity index (χ4v) is 2.27. The first kappa shape index (κ1) is 17.4. The van der Waals surface area contributed by atoms with Crippen LogP contribution < -0.4 is 0 Å². The number of carbonyl (C=O) groups is 1. The second kappa shape index (κ2) is 8.08. The van der Waals surface area contributed by atoms with Crippen LogP contribution in [0.5, 0.6) is 0 Å². The zero-order valence-corrected chi connectivity index (χ0v) is 13.4. The molecular formula is C19H20N2O3. The Kier molecular flexibility index (Phi) is 5.87. The highest BCUT2D eigenvalue weighted by Gasteiger charge is 2.16. The average molecular weight is 324 g/mol. The van der Waals surface area contributed by atoms with E-state index in [2.05, 4.69) is 0 Å². The molecule has 0 spiro atoms. The van der Waals surface area contributed by atoms with Gasteiger partial charge in [0.1, 0.15) is 5.84 Å². The molecule has 0 saturated heterocycles. The van der Waals surface area contributed by atoms with Gasteiger partial charge in [-0.3, -0.25) is 5.41 Å². The highest BCUT2D eigenvalue weighted by molar-refractivity contribution is 6.10. The van der Waals surface area contributed by atoms with E-state index in [-0.39, 0.29) is 11.4 Å². The van der Waals surface area contributed by atoms with Crippen molar-refractivity contribution in [1.29, 1.82) is 5.41 Å². The summed E-state index contributed by atoms with van der Waals surface area (Å²) in [6, 6.07) is 16.5. The van der Waals surface area contributed by atoms with Crippen LogP contribution in [0.3, 0.4) is 0 Å². The number of aliphatic hydroxyl groups is 1. The van der Waals surface area contributed by atoms with Crippen LogP contribution in [0.2, 0.25) is 0 Å². The number of para-hydroxylation sites is 1. The van der Waals surface area contributed by atoms with Crippen molar-refractivity contribution in [2.45, 2.75) is 13.3 Å². The van der Waals surface area contributed by atoms with Crippen LogP contribution in [0.15, 0.2) is 60.8 Å². The third kappa shape index (κ3) is 3.70. The Morgan fingerprint density at radius 1 is 1.08 bits per heavy atom. The predicted octanol–water partition coefficient (Wildman–Crippen LogP) is 3.60. The zero-order chi connectivity index (χ0) is 17.5. The van der Waals surface area contributed by atoms with Gasteiger partial charge in [0.05, 0.1) is 11.1 Å². The Labute approximate surface area is 140 Å². The van der Waals surface area contributed by atoms with Gasteiger partial charge in [0.2, 0.25) is 0 Å². The van der Waals surface area contributed by atoms with E-state index in [9.17, 15) is 9.90 Å². The molecule has 3 N–H and O–H groups in total. The molecule has 0 amide bonds. The van der Waals surface area contributed by atoms with Crippen molar-refractivity contribution in [2.75, 3.05) is 6.61 Å². The Morgan fingerprint density at radius 2 is 1.67 bits per heavy atom. The van der Waals surface area contributed by atoms with Gasteiger partial charge in [-0.15, -0.1) is 0 Å². The molecule has 0 unspecified atom stereocenters. The fraction of sp³-hybridized carbons (Fsp3) is 0.158. The Hall–Kier alpha value is -2.92. The minimum Gasteiger partial charge on any atom is -0.478 e. The molecule has 0 aliphatic rings. The first-order valence-electron chi connectivity index (χ1n) is 7.68. The number of hydrogen-bond acceptors (Lipinski definition) is 3. The average Bonchev–Trinajstić information content (AvgIpc) is 3.02. The molecule has 1 heterocycles. The summed E-state index contributed by atoms with van der Waals surface area (Å²) >= 11 is 0. The lowest BCUT2D eigenvalue weighted by molar-refractivity contribution is 0.0699. The molecule has 0 bridgehead atoms. The molecule has 24 heavy (non-hydrogen) atoms. The molecule has 5 nitrogen and oxygen atoms in total. The third-order valence-corrected chi connectivity index (χ3v) is 3.45. The van der Waals surface area contributed by atoms with Crippen LogP contribution in [0.1, 0.15) is 29.3 Å². The molecule has 3 aromatic rings. The number of aromatic carboxylic acids is 1. The van der Waals surface area contributed by atoms with Crippen molar-refractivity contribution in [1.82, 2.24) is 4.57 Å². The topological polar surface area (TPSA) is 86.3 Å². The molecule has 2 aromatic carbocycles. The van der Waals surface area contributed by atoms with E-state index >= 15 is 0 Å². The van der Waals surface area contributed by atoms with Crippen molar-refractivity contribution in [3.05, 3.63) is 71.9 Å². The minimum atomic E-state index is -0.985. The molecule has 0 aliphatic carbocycles. The molecule has 0 radical (unpaired) electrons. The zero-order valence-electron chi connectivity index (χ0n) is 13.4. The molecule has 124 valence electrons. The summed E-state index contributed by atoms with van der Waals surface area (Å²) in [7, 11) is 0. The van der Waals surface area contributed by atoms with Gasteiger partial charge >= 0.3 is 5.97 Å². The van der Waals surface area contributed by atoms with E-state index in [0.717, 1.165) is 17.5 Å². The summed E-state index contributed by atoms with van der Waals surface area (Å²) in [5, 5.41) is 26.1. The molecule has 0 atom stereocenters. The SMILES string of the molecule is CCCO.N=C(c1ccccc1)n1cc(C(=O)O)c2ccccc21. The number of aliphatic hydroxyl groups excluding tert-OH is 1. The summed E-state index contributed by atoms with van der Waals surface area (Å²) in [5.41, 5.74) is 1.67. The van der Waals surface area contributed by atoms with E-state index in [1.807, 2.05) is 49.4 Å². The van der Waals surface area contributed by atoms with E-state index in [4.69, 9.17) is 10.5 Å². The number of aromatic nitrogens is 1. The fourth-order valence-electron chi connectivity index (χ4n) is 2.27. The third-order valence-electron chi connectivity index (χ3n) is 3.45. The highest BCUT2D eigenvalue weighted by Crippen LogP contribution is 2.22. The number of benzene rings is 2. The molecule has 0 fully saturated rings. The smallest absolute Gasteiger partial charge is 0.337 e. The van der Waals surface area contributed by atoms with Gasteiger partial charge in [-0.25, -0.2) is 4.79 Å². The maximum Gasteiger partial charge on any atom is 0.337 e. The number of nitrogens with one attached hydrogen (secondary N) is 1. The summed E-state index contributed by atoms with van der Waals surface area (Å²) in [6.07, 6.45) is 2.38. The van der Waals surface area contributed by atoms with Gasteiger partial charge in [-0.1, -0.05) is 55.5 Å². The van der Waals surface area contributed by atoms with E-state index in [1.165, 1.54) is 6.20 Å². The summed E-state index contributed by atoms with van der Waals surface area (Å²) in [4.78, 5) is 11.3. The Balaban J connectivity index is 0.000000471. The number of rotatable bonds is 3. The maximum absolute atomic E-state index is 11.3. The van der Waals surface area contributed by atoms with E-state index in [1.54, 1.807) is 16.7 Å². The van der Waals surface area contributed by atoms with Crippen LogP contribution in [-0.2, 0) is 0 Å². The monoisotopic (exact) mass is 324 g/mol. The van der Waals surface area contributed by atoms with Gasteiger partial charge in [0.15, 0.2) is 0 Å². The van der Waals surface area contributed by atoms with Crippen LogP contribution in [-0.4, -0.2) is 33.2 Å². The number of hydrogen-bond donors (Lipinski definition) is 3. The molecule has 3 rings (SSSR count). The lowest BCUT2D eigenvalue weighted by atomic mass is 10.2. The van der Waals surface area contributed by atoms with Crippen molar-refractivity contribution in [2.24, 2.45) is 0 Å². The van der Waals surface area contributed by atoms with Crippen molar-refractivity contribution >= 4 is 22.7 Å². The number of fused-ring (bicyclic) bond motifs is 1. The standard InChI is InChI=1S/C16H12N2O2.C3H8O/c17-15(11-6-2-1-3-7-11)18-10-13(16(19)20)12-8-4-5-9-14(12)18;1-2-3-4/h1-10,17H,(H,19,20);4H,2-3H2,1H3. The normalized spacial score (nSPS) is 10.1. The number of nitrogens with zero attached hydrogens (tertiary/aromatic N) is 1. The summed E-state index contributed by atoms with van der Waals surface area (Å²) < 4.78 is 1.61. The van der Waals surface area contributed by atoms with Crippen molar-refractivity contribution in [3.8, 4) is 0 Å². The first-order valence-corrected chi connectivity index (χ1v) is 7.68. The first-order chi connectivity index (χ1) is 11.6. The molecule has 1 aromatic heterocycles. The van der Waals surface area contributed by atoms with Crippen LogP contribution >= 0.6 is 0 Å². The van der Waals surface area contributed by atoms with Gasteiger partial charge in [0, 0.05) is 23.8 Å². The summed E-state index contributed by atoms with van der Waals surface area (Å²) in [6.45, 7) is 2.25. The Bertz CT molecular complexity index is 836. The highest BCUT2D eigenvalue weighted by atomic mass is 16.4. The number of carboxylic acid groups (broad SMARTS) is 1. The van der Waals surface area contributed by atoms with Gasteiger partial charge in [-0.05, 0) is 12.5 Å². The van der Waals surface area contributed by atoms with Gasteiger partial charge < -0.3 is 14.8 Å². The summed E-state index contributed by atoms with van der Waals surface area (Å²) in [5.74, 6) is -0.727. The Morgan fingerprint density at radius 3 is 2.25 bits per heavy atom. The molecule has 0 aliphatic heterocycles. The molecule has 0 saturated carbocycles. The van der Waals surface area contributed by atoms with E-state index in [0.29, 0.717) is 12.0 Å². The lowest BCUT2D eigenvalue weighted by Gasteiger charge is -2.06. The largest absolute Gasteiger partial charge is 0.478 e. The van der Waals surface area contributed by atoms with Crippen LogP contribution in [0.25, 0.3) is 10.9 Å². The van der Waals surface area contributed by atoms with Crippen LogP contribution in [0.4, 0.5) is 0 Å². The quantitative estimate of drug-likeness (QED) is 0.508. The number of carboxylic acids is 1. The van der Waals surface area contributed by atoms with Crippen molar-refractivity contribution < 1.29 is 15.0 Å². The maximum atomic E-state index is 11.3. The predicted molar refractivity (Wildman–Crippen MR) is 94.9 cm³/mol. The molecular weight excluding hydrogens is 304 g/mol.